The molecule has 0 unspecified atom stereocenters. The molecule has 2 rings (SSSR count). The van der Waals surface area contributed by atoms with Crippen molar-refractivity contribution in [1.29, 1.82) is 0 Å². The SMILES string of the molecule is CC(C)c1cccc(OCSCc2n[nH]c(=O)o2)c1C(C)C. The second-order valence-electron chi connectivity index (χ2n) is 5.69. The van der Waals surface area contributed by atoms with Crippen LogP contribution in [0.4, 0.5) is 0 Å². The van der Waals surface area contributed by atoms with Crippen LogP contribution >= 0.6 is 11.8 Å². The van der Waals surface area contributed by atoms with Crippen LogP contribution in [0, 0.1) is 0 Å². The second-order valence-corrected chi connectivity index (χ2v) is 6.62. The normalized spacial score (nSPS) is 11.4. The van der Waals surface area contributed by atoms with Gasteiger partial charge in [-0.2, -0.15) is 0 Å². The first-order chi connectivity index (χ1) is 10.5. The zero-order chi connectivity index (χ0) is 16.1. The maximum absolute atomic E-state index is 10.8. The van der Waals surface area contributed by atoms with Crippen molar-refractivity contribution in [3.8, 4) is 5.75 Å². The van der Waals surface area contributed by atoms with E-state index in [1.165, 1.54) is 22.9 Å². The molecule has 6 heteroatoms. The summed E-state index contributed by atoms with van der Waals surface area (Å²) >= 11 is 1.51. The van der Waals surface area contributed by atoms with E-state index < -0.39 is 5.76 Å². The lowest BCUT2D eigenvalue weighted by Crippen LogP contribution is -2.04. The summed E-state index contributed by atoms with van der Waals surface area (Å²) in [5.41, 5.74) is 2.60. The van der Waals surface area contributed by atoms with E-state index in [-0.39, 0.29) is 0 Å². The molecular formula is C16H22N2O3S. The Morgan fingerprint density at radius 2 is 2.05 bits per heavy atom. The molecule has 0 aliphatic rings. The fourth-order valence-corrected chi connectivity index (χ4v) is 2.96. The van der Waals surface area contributed by atoms with Crippen LogP contribution in [0.5, 0.6) is 5.75 Å². The van der Waals surface area contributed by atoms with Gasteiger partial charge in [0, 0.05) is 5.56 Å². The van der Waals surface area contributed by atoms with E-state index in [1.807, 2.05) is 12.1 Å². The standard InChI is InChI=1S/C16H22N2O3S/c1-10(2)12-6-5-7-13(15(12)11(3)4)20-9-22-8-14-17-18-16(19)21-14/h5-7,10-11H,8-9H2,1-4H3,(H,18,19). The fraction of sp³-hybridized carbons (Fsp3) is 0.500. The van der Waals surface area contributed by atoms with Crippen LogP contribution in [0.2, 0.25) is 0 Å². The van der Waals surface area contributed by atoms with Crippen molar-refractivity contribution in [3.63, 3.8) is 0 Å². The van der Waals surface area contributed by atoms with Crippen molar-refractivity contribution in [3.05, 3.63) is 45.8 Å². The Bertz CT molecular complexity index is 661. The van der Waals surface area contributed by atoms with E-state index in [9.17, 15) is 4.79 Å². The molecule has 5 nitrogen and oxygen atoms in total. The third-order valence-corrected chi connectivity index (χ3v) is 4.04. The first kappa shape index (κ1) is 16.7. The van der Waals surface area contributed by atoms with Crippen molar-refractivity contribution < 1.29 is 9.15 Å². The van der Waals surface area contributed by atoms with Gasteiger partial charge in [0.2, 0.25) is 5.89 Å². The first-order valence-electron chi connectivity index (χ1n) is 7.36. The number of nitrogens with one attached hydrogen (secondary N) is 1. The number of aromatic amines is 1. The number of nitrogens with zero attached hydrogens (tertiary/aromatic N) is 1. The first-order valence-corrected chi connectivity index (χ1v) is 8.52. The van der Waals surface area contributed by atoms with Gasteiger partial charge in [-0.3, -0.25) is 0 Å². The molecule has 1 aromatic carbocycles. The highest BCUT2D eigenvalue weighted by molar-refractivity contribution is 7.98. The van der Waals surface area contributed by atoms with Gasteiger partial charge in [0.1, 0.15) is 11.7 Å². The quantitative estimate of drug-likeness (QED) is 0.619. The van der Waals surface area contributed by atoms with E-state index in [2.05, 4.69) is 44.0 Å². The number of hydrogen-bond acceptors (Lipinski definition) is 5. The fourth-order valence-electron chi connectivity index (χ4n) is 2.36. The molecule has 1 N–H and O–H groups in total. The van der Waals surface area contributed by atoms with E-state index >= 15 is 0 Å². The van der Waals surface area contributed by atoms with Crippen LogP contribution in [0.15, 0.2) is 27.4 Å². The Balaban J connectivity index is 2.00. The highest BCUT2D eigenvalue weighted by Crippen LogP contribution is 2.34. The Morgan fingerprint density at radius 3 is 2.64 bits per heavy atom. The summed E-state index contributed by atoms with van der Waals surface area (Å²) in [6, 6.07) is 6.21. The number of rotatable bonds is 7. The van der Waals surface area contributed by atoms with E-state index in [1.54, 1.807) is 0 Å². The van der Waals surface area contributed by atoms with Gasteiger partial charge in [-0.25, -0.2) is 9.89 Å². The molecule has 1 aromatic heterocycles. The highest BCUT2D eigenvalue weighted by Gasteiger charge is 2.15. The Kier molecular flexibility index (Phi) is 5.71. The molecule has 0 atom stereocenters. The van der Waals surface area contributed by atoms with Crippen molar-refractivity contribution in [2.45, 2.75) is 45.3 Å². The van der Waals surface area contributed by atoms with E-state index in [0.717, 1.165) is 5.75 Å². The molecule has 0 saturated heterocycles. The molecule has 22 heavy (non-hydrogen) atoms. The van der Waals surface area contributed by atoms with Gasteiger partial charge < -0.3 is 9.15 Å². The predicted molar refractivity (Wildman–Crippen MR) is 88.5 cm³/mol. The van der Waals surface area contributed by atoms with Gasteiger partial charge in [0.15, 0.2) is 0 Å². The molecule has 0 aliphatic carbocycles. The lowest BCUT2D eigenvalue weighted by atomic mass is 9.90. The average molecular weight is 322 g/mol. The van der Waals surface area contributed by atoms with Crippen molar-refractivity contribution in [2.24, 2.45) is 0 Å². The van der Waals surface area contributed by atoms with Crippen LogP contribution in [0.1, 0.15) is 56.5 Å². The Labute approximate surface area is 134 Å². The van der Waals surface area contributed by atoms with Gasteiger partial charge in [0.25, 0.3) is 0 Å². The maximum Gasteiger partial charge on any atom is 0.434 e. The molecule has 0 amide bonds. The van der Waals surface area contributed by atoms with Gasteiger partial charge >= 0.3 is 5.76 Å². The number of ether oxygens (including phenoxy) is 1. The summed E-state index contributed by atoms with van der Waals surface area (Å²) in [7, 11) is 0. The second kappa shape index (κ2) is 7.54. The third-order valence-electron chi connectivity index (χ3n) is 3.30. The molecule has 0 radical (unpaired) electrons. The average Bonchev–Trinajstić information content (AvgIpc) is 2.88. The summed E-state index contributed by atoms with van der Waals surface area (Å²) in [5.74, 6) is 2.64. The largest absolute Gasteiger partial charge is 0.483 e. The van der Waals surface area contributed by atoms with Gasteiger partial charge in [-0.1, -0.05) is 39.8 Å². The van der Waals surface area contributed by atoms with Gasteiger partial charge in [0.05, 0.1) is 5.75 Å². The number of thioether (sulfide) groups is 1. The molecule has 0 spiro atoms. The zero-order valence-electron chi connectivity index (χ0n) is 13.4. The maximum atomic E-state index is 10.8. The minimum atomic E-state index is -0.525. The molecule has 0 bridgehead atoms. The van der Waals surface area contributed by atoms with E-state index in [4.69, 9.17) is 9.15 Å². The van der Waals surface area contributed by atoms with Crippen LogP contribution in [-0.4, -0.2) is 16.1 Å². The van der Waals surface area contributed by atoms with Gasteiger partial charge in [-0.15, -0.1) is 16.9 Å². The topological polar surface area (TPSA) is 68.1 Å². The number of H-pyrrole nitrogens is 1. The molecule has 0 saturated carbocycles. The summed E-state index contributed by atoms with van der Waals surface area (Å²) in [6.07, 6.45) is 0. The van der Waals surface area contributed by atoms with Crippen LogP contribution in [0.3, 0.4) is 0 Å². The molecule has 2 aromatic rings. The van der Waals surface area contributed by atoms with Crippen LogP contribution in [-0.2, 0) is 5.75 Å². The Morgan fingerprint density at radius 1 is 1.27 bits per heavy atom. The summed E-state index contributed by atoms with van der Waals surface area (Å²) < 4.78 is 10.8. The highest BCUT2D eigenvalue weighted by atomic mass is 32.2. The summed E-state index contributed by atoms with van der Waals surface area (Å²) in [6.45, 7) is 8.75. The Hall–Kier alpha value is -1.69. The summed E-state index contributed by atoms with van der Waals surface area (Å²) in [4.78, 5) is 10.8. The smallest absolute Gasteiger partial charge is 0.434 e. The predicted octanol–water partition coefficient (Wildman–Crippen LogP) is 3.88. The van der Waals surface area contributed by atoms with E-state index in [0.29, 0.717) is 29.4 Å². The molecule has 0 fully saturated rings. The lowest BCUT2D eigenvalue weighted by molar-refractivity contribution is 0.384. The van der Waals surface area contributed by atoms with Crippen LogP contribution < -0.4 is 10.5 Å². The van der Waals surface area contributed by atoms with Crippen molar-refractivity contribution >= 4 is 11.8 Å². The summed E-state index contributed by atoms with van der Waals surface area (Å²) in [5, 5.41) is 6.01. The molecule has 1 heterocycles. The minimum absolute atomic E-state index is 0.388. The molecule has 120 valence electrons. The monoisotopic (exact) mass is 322 g/mol. The molecule has 0 aliphatic heterocycles. The molecular weight excluding hydrogens is 300 g/mol. The van der Waals surface area contributed by atoms with Crippen molar-refractivity contribution in [1.82, 2.24) is 10.2 Å². The van der Waals surface area contributed by atoms with Gasteiger partial charge in [-0.05, 0) is 23.5 Å². The van der Waals surface area contributed by atoms with Crippen LogP contribution in [0.25, 0.3) is 0 Å². The number of aromatic nitrogens is 2. The van der Waals surface area contributed by atoms with Crippen molar-refractivity contribution in [2.75, 3.05) is 5.94 Å². The minimum Gasteiger partial charge on any atom is -0.483 e. The zero-order valence-corrected chi connectivity index (χ0v) is 14.2. The lowest BCUT2D eigenvalue weighted by Gasteiger charge is -2.20. The number of benzene rings is 1. The number of hydrogen-bond donors (Lipinski definition) is 1. The third kappa shape index (κ3) is 4.16.